The van der Waals surface area contributed by atoms with E-state index >= 15 is 33.6 Å². The summed E-state index contributed by atoms with van der Waals surface area (Å²) in [5.41, 5.74) is 27.4. The van der Waals surface area contributed by atoms with E-state index in [0.717, 1.165) is 33.3 Å². The van der Waals surface area contributed by atoms with E-state index in [4.69, 9.17) is 28.3 Å². The van der Waals surface area contributed by atoms with Gasteiger partial charge in [0.25, 0.3) is 0 Å². The van der Waals surface area contributed by atoms with Crippen molar-refractivity contribution in [3.63, 3.8) is 0 Å². The van der Waals surface area contributed by atoms with Crippen LogP contribution < -0.4 is 81.4 Å². The fourth-order valence-corrected chi connectivity index (χ4v) is 16.0. The molecule has 24 N–H and O–H groups in total. The Morgan fingerprint density at radius 2 is 1.18 bits per heavy atom. The highest BCUT2D eigenvalue weighted by molar-refractivity contribution is 8.76. The highest BCUT2D eigenvalue weighted by Gasteiger charge is 2.40. The first-order valence-corrected chi connectivity index (χ1v) is 40.5. The summed E-state index contributed by atoms with van der Waals surface area (Å²) < 4.78 is 0. The summed E-state index contributed by atoms with van der Waals surface area (Å²) in [4.78, 5) is 203. The molecule has 35 nitrogen and oxygen atoms in total. The van der Waals surface area contributed by atoms with Gasteiger partial charge < -0.3 is 107 Å². The molecule has 610 valence electrons. The predicted molar refractivity (Wildman–Crippen MR) is 431 cm³/mol. The zero-order valence-electron chi connectivity index (χ0n) is 62.6. The number of amides is 13. The van der Waals surface area contributed by atoms with E-state index in [1.165, 1.54) is 60.7 Å². The second-order valence-electron chi connectivity index (χ2n) is 27.7. The Labute approximate surface area is 673 Å². The number of thioether (sulfide) groups is 1. The molecule has 7 aromatic rings. The molecule has 0 saturated carbocycles. The molecule has 2 aromatic heterocycles. The molecule has 2 bridgehead atoms. The first-order chi connectivity index (χ1) is 55.1. The SMILES string of the molecule is C[C@@H]1NC(=O)[C@H](CC(N)=O)NC(=O)[C@H](Cc2c[nH]c3ccccc23)NC(=O)[C@H](CCCNC(=N)N)N2C[C@@H](Cc3ccccc3)NC(=O)[C@@H](CSCC2=O)NC(=O)[C@H](Cc2c[nH]cn2)NC(=O)[C@@H](NC(=O)[C@@H](N)Cc2ccc(O)cc2)CSSC[C@@H](C(=O)N[C@@H](Cc2ccc(O)cc2)C(N)=O)NC(=O)[C@H](Cc2ccccc2)NC1=O. The smallest absolute Gasteiger partial charge is 0.244 e. The van der Waals surface area contributed by atoms with E-state index in [-0.39, 0.29) is 93.2 Å². The second-order valence-corrected chi connectivity index (χ2v) is 31.3. The van der Waals surface area contributed by atoms with Crippen LogP contribution in [0.5, 0.6) is 11.5 Å². The molecule has 0 radical (unpaired) electrons. The quantitative estimate of drug-likeness (QED) is 0.0111. The fourth-order valence-electron chi connectivity index (χ4n) is 12.8. The lowest BCUT2D eigenvalue weighted by Crippen LogP contribution is -2.62. The van der Waals surface area contributed by atoms with Crippen molar-refractivity contribution in [1.82, 2.24) is 78.3 Å². The molecule has 10 rings (SSSR count). The van der Waals surface area contributed by atoms with Gasteiger partial charge in [-0.25, -0.2) is 4.98 Å². The van der Waals surface area contributed by atoms with Crippen LogP contribution in [0.3, 0.4) is 0 Å². The summed E-state index contributed by atoms with van der Waals surface area (Å²) in [6.07, 6.45) is 2.38. The Morgan fingerprint density at radius 1 is 0.600 bits per heavy atom. The molecule has 12 atom stereocenters. The zero-order valence-corrected chi connectivity index (χ0v) is 65.0. The van der Waals surface area contributed by atoms with Crippen molar-refractivity contribution in [2.24, 2.45) is 22.9 Å². The Hall–Kier alpha value is -12.2. The third-order valence-electron chi connectivity index (χ3n) is 18.8. The van der Waals surface area contributed by atoms with Crippen LogP contribution >= 0.6 is 33.3 Å². The third kappa shape index (κ3) is 26.7. The molecule has 0 spiro atoms. The maximum Gasteiger partial charge on any atom is 0.244 e. The average Bonchev–Trinajstić information content (AvgIpc) is 1.73. The van der Waals surface area contributed by atoms with Gasteiger partial charge in [-0.1, -0.05) is 125 Å². The molecule has 13 amide bonds. The number of phenols is 2. The number of aromatic nitrogens is 3. The van der Waals surface area contributed by atoms with E-state index in [1.807, 2.05) is 0 Å². The minimum absolute atomic E-state index is 0.0247. The van der Waals surface area contributed by atoms with Crippen LogP contribution in [0.25, 0.3) is 10.9 Å². The summed E-state index contributed by atoms with van der Waals surface area (Å²) in [7, 11) is 1.79. The summed E-state index contributed by atoms with van der Waals surface area (Å²) in [6.45, 7) is 0.898. The van der Waals surface area contributed by atoms with Gasteiger partial charge >= 0.3 is 0 Å². The van der Waals surface area contributed by atoms with Gasteiger partial charge in [0, 0.05) is 79.3 Å². The van der Waals surface area contributed by atoms with Crippen LogP contribution in [0, 0.1) is 5.41 Å². The molecule has 3 aliphatic rings. The maximum absolute atomic E-state index is 15.6. The lowest BCUT2D eigenvalue weighted by molar-refractivity contribution is -0.141. The van der Waals surface area contributed by atoms with Gasteiger partial charge in [-0.3, -0.25) is 67.7 Å². The van der Waals surface area contributed by atoms with Gasteiger partial charge in [0.15, 0.2) is 5.96 Å². The summed E-state index contributed by atoms with van der Waals surface area (Å²) in [5, 5.41) is 58.2. The number of hydrogen-bond acceptors (Lipinski definition) is 21. The number of H-pyrrole nitrogens is 2. The molecule has 3 saturated heterocycles. The van der Waals surface area contributed by atoms with Crippen molar-refractivity contribution in [3.05, 3.63) is 186 Å². The van der Waals surface area contributed by atoms with Crippen molar-refractivity contribution < 1.29 is 72.5 Å². The molecule has 5 heterocycles. The second kappa shape index (κ2) is 42.6. The summed E-state index contributed by atoms with van der Waals surface area (Å²) >= 11 is 0.918. The molecular weight excluding hydrogens is 1540 g/mol. The Kier molecular flexibility index (Phi) is 32.2. The van der Waals surface area contributed by atoms with Crippen LogP contribution in [0.1, 0.15) is 59.7 Å². The largest absolute Gasteiger partial charge is 0.508 e. The first-order valence-electron chi connectivity index (χ1n) is 36.9. The lowest BCUT2D eigenvalue weighted by atomic mass is 10.0. The molecule has 0 aliphatic carbocycles. The molecule has 115 heavy (non-hydrogen) atoms. The number of fused-ring (bicyclic) bond motifs is 32. The van der Waals surface area contributed by atoms with E-state index < -0.39 is 173 Å². The number of carbonyl (C=O) groups excluding carboxylic acids is 13. The van der Waals surface area contributed by atoms with Crippen molar-refractivity contribution in [2.75, 3.05) is 36.1 Å². The molecule has 3 aliphatic heterocycles. The highest BCUT2D eigenvalue weighted by Crippen LogP contribution is 2.26. The van der Waals surface area contributed by atoms with E-state index in [1.54, 1.807) is 103 Å². The number of imidazole rings is 1. The number of nitrogens with one attached hydrogen (secondary N) is 14. The van der Waals surface area contributed by atoms with E-state index in [2.05, 4.69) is 73.4 Å². The van der Waals surface area contributed by atoms with Crippen molar-refractivity contribution in [3.8, 4) is 11.5 Å². The monoisotopic (exact) mass is 1630 g/mol. The normalized spacial score (nSPS) is 22.2. The van der Waals surface area contributed by atoms with Crippen LogP contribution in [0.15, 0.2) is 152 Å². The summed E-state index contributed by atoms with van der Waals surface area (Å²) in [6, 6.07) is 17.6. The van der Waals surface area contributed by atoms with Gasteiger partial charge in [-0.2, -0.15) is 0 Å². The molecule has 38 heteroatoms. The van der Waals surface area contributed by atoms with Crippen LogP contribution in [0.2, 0.25) is 0 Å². The number of phenolic OH excluding ortho intramolecular Hbond substituents is 2. The number of primary amides is 2. The van der Waals surface area contributed by atoms with Gasteiger partial charge in [0.2, 0.25) is 76.8 Å². The van der Waals surface area contributed by atoms with Crippen molar-refractivity contribution in [2.45, 2.75) is 137 Å². The molecular formula is C77H94N20O15S3. The van der Waals surface area contributed by atoms with E-state index in [9.17, 15) is 39.0 Å². The zero-order chi connectivity index (χ0) is 82.7. The minimum atomic E-state index is -1.85. The molecule has 3 fully saturated rings. The number of guanidine groups is 1. The Bertz CT molecular complexity index is 4570. The summed E-state index contributed by atoms with van der Waals surface area (Å²) in [5.74, 6) is -14.2. The lowest BCUT2D eigenvalue weighted by Gasteiger charge is -2.36. The number of benzene rings is 5. The van der Waals surface area contributed by atoms with Crippen molar-refractivity contribution in [1.29, 1.82) is 5.41 Å². The van der Waals surface area contributed by atoms with Gasteiger partial charge in [-0.15, -0.1) is 11.8 Å². The number of aromatic hydroxyl groups is 2. The van der Waals surface area contributed by atoms with Crippen LogP contribution in [-0.4, -0.2) is 221 Å². The topological polar surface area (TPSA) is 570 Å². The third-order valence-corrected chi connectivity index (χ3v) is 22.3. The van der Waals surface area contributed by atoms with Gasteiger partial charge in [0.1, 0.15) is 71.9 Å². The molecule has 5 aromatic carbocycles. The molecule has 0 unspecified atom stereocenters. The standard InChI is InChI=1S/C77H94N20O15S3/c1-42-67(103)90-56(30-44-13-6-3-7-14-44)70(106)96-62(74(110)89-55(66(80)102)29-46-20-24-51(99)25-21-46)39-115-114-38-61(94-68(104)53(78)28-45-18-22-50(98)23-19-45)75(111)91-58(32-48-35-83-41-86-48)72(108)95-60-37-113-40-65(101)97(36-49(88-73(60)109)27-43-11-4-2-5-12-43)63(17-10-26-84-77(81)82)76(112)93-57(31-47-34-85-54-16-9-8-15-52(47)54)71(107)92-59(33-64(79)100)69(105)87-42/h2-9,11-16,18-25,34-35,41-42,49,53,55-63,85,98-99H,10,17,26-33,36-40,78H2,1H3,(H2,79,100)(H2,80,102)(H,83,86)(H,87,105)(H,88,109)(H,89,110)(H,90,103)(H,91,111)(H,92,107)(H,93,112)(H,94,104)(H,95,108)(H,96,106)(H4,81,82,84)/t42-,49+,53-,55-,56-,57-,58-,59-,60+,61-,62-,63-/m0/s1. The number of aromatic amines is 2. The Balaban J connectivity index is 1.12. The average molecular weight is 1640 g/mol. The van der Waals surface area contributed by atoms with Crippen molar-refractivity contribution >= 4 is 127 Å². The minimum Gasteiger partial charge on any atom is -0.508 e. The van der Waals surface area contributed by atoms with Gasteiger partial charge in [-0.05, 0) is 90.8 Å². The predicted octanol–water partition coefficient (Wildman–Crippen LogP) is -1.78. The number of carbonyl (C=O) groups is 13. The highest BCUT2D eigenvalue weighted by atomic mass is 33.1. The van der Waals surface area contributed by atoms with Crippen LogP contribution in [-0.2, 0) is 101 Å². The number of rotatable bonds is 23. The van der Waals surface area contributed by atoms with Crippen LogP contribution in [0.4, 0.5) is 0 Å². The number of para-hydroxylation sites is 1. The first kappa shape index (κ1) is 86.8. The fraction of sp³-hybridized carbons (Fsp3) is 0.364. The van der Waals surface area contributed by atoms with E-state index in [0.29, 0.717) is 38.7 Å². The maximum atomic E-state index is 15.6. The number of hydrogen-bond donors (Lipinski definition) is 20. The van der Waals surface area contributed by atoms with Gasteiger partial charge in [0.05, 0.1) is 36.3 Å². The number of nitrogens with two attached hydrogens (primary N) is 4. The number of nitrogens with zero attached hydrogens (tertiary/aromatic N) is 2. The Morgan fingerprint density at radius 3 is 1.83 bits per heavy atom.